The summed E-state index contributed by atoms with van der Waals surface area (Å²) >= 11 is 0. The van der Waals surface area contributed by atoms with Crippen LogP contribution >= 0.6 is 0 Å². The second-order valence-electron chi connectivity index (χ2n) is 9.69. The zero-order valence-corrected chi connectivity index (χ0v) is 20.7. The third-order valence-electron chi connectivity index (χ3n) is 7.39. The predicted octanol–water partition coefficient (Wildman–Crippen LogP) is 4.84. The fourth-order valence-electron chi connectivity index (χ4n) is 5.29. The number of pyridine rings is 2. The van der Waals surface area contributed by atoms with Gasteiger partial charge in [-0.3, -0.25) is 4.40 Å². The van der Waals surface area contributed by atoms with Crippen LogP contribution in [0.4, 0.5) is 15.9 Å². The molecular formula is C28H31FN6O. The Bertz CT molecular complexity index is 1410. The Morgan fingerprint density at radius 1 is 1.19 bits per heavy atom. The topological polar surface area (TPSA) is 66.7 Å². The molecule has 1 saturated heterocycles. The molecule has 36 heavy (non-hydrogen) atoms. The van der Waals surface area contributed by atoms with Gasteiger partial charge < -0.3 is 20.3 Å². The monoisotopic (exact) mass is 486 g/mol. The molecule has 0 radical (unpaired) electrons. The van der Waals surface area contributed by atoms with Crippen LogP contribution in [0.3, 0.4) is 0 Å². The van der Waals surface area contributed by atoms with Gasteiger partial charge in [0.25, 0.3) is 0 Å². The van der Waals surface area contributed by atoms with Crippen molar-refractivity contribution in [1.29, 1.82) is 0 Å². The first-order valence-electron chi connectivity index (χ1n) is 12.6. The van der Waals surface area contributed by atoms with Gasteiger partial charge in [0.2, 0.25) is 0 Å². The maximum absolute atomic E-state index is 13.7. The molecule has 0 saturated carbocycles. The Labute approximate surface area is 210 Å². The van der Waals surface area contributed by atoms with E-state index >= 15 is 0 Å². The van der Waals surface area contributed by atoms with Crippen LogP contribution in [-0.4, -0.2) is 46.1 Å². The van der Waals surface area contributed by atoms with Gasteiger partial charge in [-0.25, -0.2) is 14.4 Å². The van der Waals surface area contributed by atoms with E-state index in [9.17, 15) is 4.39 Å². The number of hydrogen-bond donors (Lipinski definition) is 2. The zero-order chi connectivity index (χ0) is 24.6. The second-order valence-corrected chi connectivity index (χ2v) is 9.69. The van der Waals surface area contributed by atoms with Gasteiger partial charge in [-0.2, -0.15) is 0 Å². The maximum Gasteiger partial charge on any atom is 0.140 e. The first-order chi connectivity index (χ1) is 17.6. The number of ether oxygens (including phenoxy) is 1. The maximum atomic E-state index is 13.7. The molecule has 1 fully saturated rings. The number of rotatable bonds is 7. The Balaban J connectivity index is 1.34. The lowest BCUT2D eigenvalue weighted by Crippen LogP contribution is -2.20. The molecule has 2 N–H and O–H groups in total. The van der Waals surface area contributed by atoms with Crippen molar-refractivity contribution in [3.8, 4) is 11.3 Å². The minimum Gasteiger partial charge on any atom is -0.381 e. The molecule has 1 aromatic carbocycles. The third-order valence-corrected chi connectivity index (χ3v) is 7.39. The number of fused-ring (bicyclic) bond motifs is 2. The molecule has 0 spiro atoms. The summed E-state index contributed by atoms with van der Waals surface area (Å²) in [5.41, 5.74) is 8.60. The number of aromatic nitrogens is 3. The highest BCUT2D eigenvalue weighted by atomic mass is 19.1. The van der Waals surface area contributed by atoms with E-state index in [4.69, 9.17) is 9.72 Å². The first-order valence-corrected chi connectivity index (χ1v) is 12.6. The molecule has 8 heteroatoms. The molecule has 2 aliphatic rings. The Kier molecular flexibility index (Phi) is 6.17. The van der Waals surface area contributed by atoms with Gasteiger partial charge in [-0.1, -0.05) is 19.1 Å². The Hall–Kier alpha value is -3.33. The lowest BCUT2D eigenvalue weighted by atomic mass is 9.96. The van der Waals surface area contributed by atoms with Crippen LogP contribution in [-0.2, 0) is 24.4 Å². The fraction of sp³-hybridized carbons (Fsp3) is 0.357. The van der Waals surface area contributed by atoms with Crippen LogP contribution in [0.15, 0.2) is 48.8 Å². The molecule has 6 rings (SSSR count). The molecular weight excluding hydrogens is 455 g/mol. The SMILES string of the molecule is CCN(C)Cc1nc(Nc2ccc(-c3cnc4cc(F)ccn34)c3c2CNC3)ccc1[C@H]1CCOC1. The Morgan fingerprint density at radius 2 is 2.08 bits per heavy atom. The van der Waals surface area contributed by atoms with E-state index in [0.717, 1.165) is 74.3 Å². The van der Waals surface area contributed by atoms with Crippen LogP contribution in [0.5, 0.6) is 0 Å². The Morgan fingerprint density at radius 3 is 2.92 bits per heavy atom. The smallest absolute Gasteiger partial charge is 0.140 e. The average molecular weight is 487 g/mol. The lowest BCUT2D eigenvalue weighted by Gasteiger charge is -2.20. The van der Waals surface area contributed by atoms with Crippen LogP contribution in [0.25, 0.3) is 16.9 Å². The summed E-state index contributed by atoms with van der Waals surface area (Å²) in [5, 5.41) is 7.09. The average Bonchev–Trinajstić information content (AvgIpc) is 3.65. The number of benzene rings is 1. The summed E-state index contributed by atoms with van der Waals surface area (Å²) in [6.45, 7) is 7.09. The van der Waals surface area contributed by atoms with Crippen LogP contribution in [0, 0.1) is 5.82 Å². The van der Waals surface area contributed by atoms with Gasteiger partial charge in [0, 0.05) is 55.7 Å². The molecule has 1 atom stereocenters. The van der Waals surface area contributed by atoms with Crippen LogP contribution < -0.4 is 10.6 Å². The van der Waals surface area contributed by atoms with Gasteiger partial charge >= 0.3 is 0 Å². The molecule has 3 aromatic heterocycles. The number of nitrogens with one attached hydrogen (secondary N) is 2. The van der Waals surface area contributed by atoms with Gasteiger partial charge in [-0.05, 0) is 54.9 Å². The van der Waals surface area contributed by atoms with Crippen molar-refractivity contribution in [2.75, 3.05) is 32.1 Å². The summed E-state index contributed by atoms with van der Waals surface area (Å²) in [4.78, 5) is 11.8. The van der Waals surface area contributed by atoms with Crippen LogP contribution in [0.2, 0.25) is 0 Å². The van der Waals surface area contributed by atoms with E-state index in [-0.39, 0.29) is 5.82 Å². The lowest BCUT2D eigenvalue weighted by molar-refractivity contribution is 0.193. The quantitative estimate of drug-likeness (QED) is 0.390. The zero-order valence-electron chi connectivity index (χ0n) is 20.7. The summed E-state index contributed by atoms with van der Waals surface area (Å²) < 4.78 is 21.3. The van der Waals surface area contributed by atoms with Crippen molar-refractivity contribution in [1.82, 2.24) is 24.6 Å². The normalized spacial score (nSPS) is 17.3. The molecule has 0 amide bonds. The van der Waals surface area contributed by atoms with Crippen molar-refractivity contribution in [3.05, 3.63) is 77.0 Å². The summed E-state index contributed by atoms with van der Waals surface area (Å²) in [7, 11) is 2.13. The van der Waals surface area contributed by atoms with Crippen molar-refractivity contribution in [2.24, 2.45) is 0 Å². The van der Waals surface area contributed by atoms with Gasteiger partial charge in [0.05, 0.1) is 24.2 Å². The molecule has 5 heterocycles. The summed E-state index contributed by atoms with van der Waals surface area (Å²) in [6.07, 6.45) is 4.61. The highest BCUT2D eigenvalue weighted by Crippen LogP contribution is 2.36. The molecule has 186 valence electrons. The highest BCUT2D eigenvalue weighted by molar-refractivity contribution is 5.75. The third kappa shape index (κ3) is 4.25. The van der Waals surface area contributed by atoms with E-state index in [1.54, 1.807) is 6.20 Å². The number of hydrogen-bond acceptors (Lipinski definition) is 6. The second kappa shape index (κ2) is 9.61. The van der Waals surface area contributed by atoms with E-state index < -0.39 is 0 Å². The largest absolute Gasteiger partial charge is 0.381 e. The van der Waals surface area contributed by atoms with E-state index in [2.05, 4.69) is 58.8 Å². The molecule has 0 aliphatic carbocycles. The van der Waals surface area contributed by atoms with Crippen molar-refractivity contribution < 1.29 is 9.13 Å². The number of anilines is 2. The number of imidazole rings is 1. The van der Waals surface area contributed by atoms with Crippen LogP contribution in [0.1, 0.15) is 41.6 Å². The number of halogens is 1. The highest BCUT2D eigenvalue weighted by Gasteiger charge is 2.24. The van der Waals surface area contributed by atoms with Crippen molar-refractivity contribution in [2.45, 2.75) is 38.9 Å². The van der Waals surface area contributed by atoms with Gasteiger partial charge in [0.1, 0.15) is 17.3 Å². The van der Waals surface area contributed by atoms with E-state index in [1.807, 2.05) is 10.6 Å². The predicted molar refractivity (Wildman–Crippen MR) is 139 cm³/mol. The minimum absolute atomic E-state index is 0.283. The summed E-state index contributed by atoms with van der Waals surface area (Å²) in [5.74, 6) is 0.984. The van der Waals surface area contributed by atoms with Gasteiger partial charge in [-0.15, -0.1) is 0 Å². The fourth-order valence-corrected chi connectivity index (χ4v) is 5.29. The van der Waals surface area contributed by atoms with E-state index in [1.165, 1.54) is 28.8 Å². The molecule has 2 aliphatic heterocycles. The molecule has 7 nitrogen and oxygen atoms in total. The van der Waals surface area contributed by atoms with Crippen molar-refractivity contribution in [3.63, 3.8) is 0 Å². The van der Waals surface area contributed by atoms with E-state index in [0.29, 0.717) is 11.6 Å². The minimum atomic E-state index is -0.283. The molecule has 4 aromatic rings. The number of nitrogens with zero attached hydrogens (tertiary/aromatic N) is 4. The molecule has 0 bridgehead atoms. The standard InChI is InChI=1S/C28H31FN6O/c1-3-34(2)16-25-20(18-9-11-36-17-18)5-7-27(33-25)32-24-6-4-21(22-13-30-14-23(22)24)26-15-31-28-12-19(29)8-10-35(26)28/h4-8,10,12,15,18,30H,3,9,11,13-14,16-17H2,1-2H3,(H,32,33)/t18-/m0/s1. The first kappa shape index (κ1) is 23.1. The van der Waals surface area contributed by atoms with Crippen molar-refractivity contribution >= 4 is 17.2 Å². The van der Waals surface area contributed by atoms with Gasteiger partial charge in [0.15, 0.2) is 0 Å². The molecule has 0 unspecified atom stereocenters. The summed E-state index contributed by atoms with van der Waals surface area (Å²) in [6, 6.07) is 11.5.